The van der Waals surface area contributed by atoms with E-state index in [1.165, 1.54) is 11.1 Å². The van der Waals surface area contributed by atoms with Crippen LogP contribution < -0.4 is 4.74 Å². The first-order chi connectivity index (χ1) is 17.3. The lowest BCUT2D eigenvalue weighted by atomic mass is 10.0. The zero-order valence-corrected chi connectivity index (χ0v) is 22.1. The molecule has 0 atom stereocenters. The van der Waals surface area contributed by atoms with Gasteiger partial charge in [-0.15, -0.1) is 10.2 Å². The Morgan fingerprint density at radius 2 is 1.64 bits per heavy atom. The normalized spacial score (nSPS) is 18.4. The number of benzene rings is 2. The number of rotatable bonds is 5. The SMILES string of the molecule is CC(C)Oc1ccc(-c2nnc(-c3ccc4c(c3)CCN(C3COC(C)(C)OC3)CC4)s2)cc1C#N. The summed E-state index contributed by atoms with van der Waals surface area (Å²) in [6.07, 6.45) is 2.00. The standard InChI is InChI=1S/C28H32N4O3S/c1-18(2)35-25-8-7-22(14-23(25)15-29)27-31-30-26(36-27)21-6-5-19-9-11-32(12-10-20(19)13-21)24-16-33-28(3,4)34-17-24/h5-8,13-14,18,24H,9-12,16-17H2,1-4H3. The largest absolute Gasteiger partial charge is 0.490 e. The van der Waals surface area contributed by atoms with Crippen molar-refractivity contribution in [3.63, 3.8) is 0 Å². The first-order valence-corrected chi connectivity index (χ1v) is 13.3. The van der Waals surface area contributed by atoms with Gasteiger partial charge in [0.2, 0.25) is 0 Å². The summed E-state index contributed by atoms with van der Waals surface area (Å²) >= 11 is 1.54. The van der Waals surface area contributed by atoms with Crippen LogP contribution in [0.3, 0.4) is 0 Å². The number of hydrogen-bond donors (Lipinski definition) is 0. The predicted molar refractivity (Wildman–Crippen MR) is 140 cm³/mol. The third-order valence-corrected chi connectivity index (χ3v) is 7.71. The Balaban J connectivity index is 1.31. The molecule has 1 aromatic heterocycles. The van der Waals surface area contributed by atoms with E-state index >= 15 is 0 Å². The van der Waals surface area contributed by atoms with Gasteiger partial charge in [0.25, 0.3) is 0 Å². The molecule has 1 fully saturated rings. The summed E-state index contributed by atoms with van der Waals surface area (Å²) in [5.41, 5.74) is 5.22. The van der Waals surface area contributed by atoms with E-state index in [1.54, 1.807) is 11.3 Å². The first-order valence-electron chi connectivity index (χ1n) is 12.5. The molecule has 0 N–H and O–H groups in total. The van der Waals surface area contributed by atoms with Crippen molar-refractivity contribution in [2.24, 2.45) is 0 Å². The van der Waals surface area contributed by atoms with Crippen LogP contribution in [0.5, 0.6) is 5.75 Å². The van der Waals surface area contributed by atoms with Gasteiger partial charge in [0.05, 0.1) is 30.9 Å². The van der Waals surface area contributed by atoms with Gasteiger partial charge in [0.1, 0.15) is 21.8 Å². The van der Waals surface area contributed by atoms with Gasteiger partial charge in [-0.05, 0) is 75.9 Å². The Hall–Kier alpha value is -2.83. The molecule has 188 valence electrons. The maximum absolute atomic E-state index is 9.57. The molecule has 2 aliphatic rings. The minimum Gasteiger partial charge on any atom is -0.490 e. The van der Waals surface area contributed by atoms with Crippen LogP contribution in [0.2, 0.25) is 0 Å². The average Bonchev–Trinajstić information content (AvgIpc) is 3.25. The molecule has 1 saturated heterocycles. The molecular weight excluding hydrogens is 472 g/mol. The van der Waals surface area contributed by atoms with E-state index in [4.69, 9.17) is 14.2 Å². The van der Waals surface area contributed by atoms with Crippen LogP contribution in [0.4, 0.5) is 0 Å². The molecule has 0 spiro atoms. The summed E-state index contributed by atoms with van der Waals surface area (Å²) in [5, 5.41) is 20.1. The van der Waals surface area contributed by atoms with E-state index in [1.807, 2.05) is 45.9 Å². The lowest BCUT2D eigenvalue weighted by molar-refractivity contribution is -0.263. The van der Waals surface area contributed by atoms with Gasteiger partial charge in [0.15, 0.2) is 5.79 Å². The lowest BCUT2D eigenvalue weighted by Crippen LogP contribution is -2.51. The third kappa shape index (κ3) is 5.45. The highest BCUT2D eigenvalue weighted by molar-refractivity contribution is 7.17. The smallest absolute Gasteiger partial charge is 0.162 e. The summed E-state index contributed by atoms with van der Waals surface area (Å²) in [6, 6.07) is 14.8. The van der Waals surface area contributed by atoms with Crippen LogP contribution in [-0.4, -0.2) is 59.3 Å². The van der Waals surface area contributed by atoms with Crippen LogP contribution in [0, 0.1) is 11.3 Å². The van der Waals surface area contributed by atoms with Crippen molar-refractivity contribution in [2.75, 3.05) is 26.3 Å². The van der Waals surface area contributed by atoms with Gasteiger partial charge in [-0.25, -0.2) is 0 Å². The molecule has 3 heterocycles. The highest BCUT2D eigenvalue weighted by atomic mass is 32.1. The monoisotopic (exact) mass is 504 g/mol. The quantitative estimate of drug-likeness (QED) is 0.479. The van der Waals surface area contributed by atoms with E-state index in [0.29, 0.717) is 30.6 Å². The minimum atomic E-state index is -0.485. The zero-order valence-electron chi connectivity index (χ0n) is 21.3. The number of hydrogen-bond acceptors (Lipinski definition) is 8. The van der Waals surface area contributed by atoms with E-state index in [-0.39, 0.29) is 6.10 Å². The fraction of sp³-hybridized carbons (Fsp3) is 0.464. The fourth-order valence-corrected chi connectivity index (χ4v) is 5.53. The Labute approximate surface area is 216 Å². The topological polar surface area (TPSA) is 80.5 Å². The molecule has 0 radical (unpaired) electrons. The molecule has 0 unspecified atom stereocenters. The fourth-order valence-electron chi connectivity index (χ4n) is 4.70. The van der Waals surface area contributed by atoms with Crippen molar-refractivity contribution in [3.05, 3.63) is 53.1 Å². The van der Waals surface area contributed by atoms with Crippen molar-refractivity contribution >= 4 is 11.3 Å². The van der Waals surface area contributed by atoms with E-state index in [0.717, 1.165) is 47.1 Å². The molecule has 0 bridgehead atoms. The van der Waals surface area contributed by atoms with E-state index < -0.39 is 5.79 Å². The van der Waals surface area contributed by atoms with Gasteiger partial charge >= 0.3 is 0 Å². The second-order valence-corrected chi connectivity index (χ2v) is 11.1. The van der Waals surface area contributed by atoms with Crippen molar-refractivity contribution in [1.29, 1.82) is 5.26 Å². The maximum atomic E-state index is 9.57. The Morgan fingerprint density at radius 1 is 1.00 bits per heavy atom. The number of aromatic nitrogens is 2. The van der Waals surface area contributed by atoms with Crippen LogP contribution in [0.1, 0.15) is 44.4 Å². The maximum Gasteiger partial charge on any atom is 0.162 e. The van der Waals surface area contributed by atoms with Crippen molar-refractivity contribution in [2.45, 2.75) is 58.5 Å². The second kappa shape index (κ2) is 10.3. The van der Waals surface area contributed by atoms with Gasteiger partial charge in [-0.3, -0.25) is 4.90 Å². The molecular formula is C28H32N4O3S. The third-order valence-electron chi connectivity index (χ3n) is 6.69. The van der Waals surface area contributed by atoms with E-state index in [9.17, 15) is 5.26 Å². The van der Waals surface area contributed by atoms with Crippen molar-refractivity contribution < 1.29 is 14.2 Å². The summed E-state index contributed by atoms with van der Waals surface area (Å²) in [4.78, 5) is 2.50. The Kier molecular flexibility index (Phi) is 7.09. The molecule has 0 aliphatic carbocycles. The molecule has 8 heteroatoms. The first kappa shape index (κ1) is 24.8. The molecule has 7 nitrogen and oxygen atoms in total. The zero-order chi connectivity index (χ0) is 25.3. The molecule has 2 aliphatic heterocycles. The van der Waals surface area contributed by atoms with E-state index in [2.05, 4.69) is 39.4 Å². The molecule has 0 amide bonds. The van der Waals surface area contributed by atoms with Gasteiger partial charge in [0, 0.05) is 24.2 Å². The van der Waals surface area contributed by atoms with Crippen molar-refractivity contribution in [1.82, 2.24) is 15.1 Å². The average molecular weight is 505 g/mol. The Bertz CT molecular complexity index is 1270. The molecule has 0 saturated carbocycles. The van der Waals surface area contributed by atoms with Crippen LogP contribution in [0.25, 0.3) is 21.1 Å². The molecule has 2 aromatic carbocycles. The second-order valence-electron chi connectivity index (χ2n) is 10.1. The number of nitriles is 1. The summed E-state index contributed by atoms with van der Waals surface area (Å²) < 4.78 is 17.5. The number of fused-ring (bicyclic) bond motifs is 1. The Morgan fingerprint density at radius 3 is 2.31 bits per heavy atom. The predicted octanol–water partition coefficient (Wildman–Crippen LogP) is 5.08. The molecule has 36 heavy (non-hydrogen) atoms. The highest BCUT2D eigenvalue weighted by Crippen LogP contribution is 2.34. The highest BCUT2D eigenvalue weighted by Gasteiger charge is 2.32. The number of nitrogens with zero attached hydrogens (tertiary/aromatic N) is 4. The lowest BCUT2D eigenvalue weighted by Gasteiger charge is -2.39. The molecule has 3 aromatic rings. The van der Waals surface area contributed by atoms with Crippen LogP contribution in [-0.2, 0) is 22.3 Å². The van der Waals surface area contributed by atoms with Crippen molar-refractivity contribution in [3.8, 4) is 33.0 Å². The number of ether oxygens (including phenoxy) is 3. The van der Waals surface area contributed by atoms with Gasteiger partial charge in [-0.1, -0.05) is 23.5 Å². The minimum absolute atomic E-state index is 0.00727. The van der Waals surface area contributed by atoms with Crippen LogP contribution >= 0.6 is 11.3 Å². The molecule has 5 rings (SSSR count). The summed E-state index contributed by atoms with van der Waals surface area (Å²) in [5.74, 6) is 0.108. The van der Waals surface area contributed by atoms with Gasteiger partial charge < -0.3 is 14.2 Å². The summed E-state index contributed by atoms with van der Waals surface area (Å²) in [6.45, 7) is 11.2. The van der Waals surface area contributed by atoms with Gasteiger partial charge in [-0.2, -0.15) is 5.26 Å². The summed E-state index contributed by atoms with van der Waals surface area (Å²) in [7, 11) is 0. The van der Waals surface area contributed by atoms with Crippen LogP contribution in [0.15, 0.2) is 36.4 Å².